The van der Waals surface area contributed by atoms with Crippen LogP contribution < -0.4 is 5.32 Å². The molecule has 0 aliphatic carbocycles. The highest BCUT2D eigenvalue weighted by atomic mass is 28.4. The van der Waals surface area contributed by atoms with Gasteiger partial charge in [-0.3, -0.25) is 0 Å². The maximum Gasteiger partial charge on any atom is 0.191 e. The van der Waals surface area contributed by atoms with Gasteiger partial charge in [-0.15, -0.1) is 0 Å². The molecule has 2 nitrogen and oxygen atoms in total. The Balaban J connectivity index is 1.66. The molecule has 0 unspecified atom stereocenters. The molecular formula is C19H33NOSi. The average Bonchev–Trinajstić information content (AvgIpc) is 2.45. The molecule has 1 aromatic carbocycles. The van der Waals surface area contributed by atoms with Crippen molar-refractivity contribution in [3.8, 4) is 0 Å². The molecule has 0 aromatic heterocycles. The second-order valence-electron chi connectivity index (χ2n) is 8.14. The van der Waals surface area contributed by atoms with E-state index in [1.54, 1.807) is 0 Å². The van der Waals surface area contributed by atoms with Gasteiger partial charge in [-0.1, -0.05) is 39.0 Å². The van der Waals surface area contributed by atoms with Crippen molar-refractivity contribution in [2.75, 3.05) is 11.9 Å². The summed E-state index contributed by atoms with van der Waals surface area (Å²) in [5, 5.41) is 4.02. The first-order chi connectivity index (χ1) is 10.3. The van der Waals surface area contributed by atoms with Gasteiger partial charge < -0.3 is 9.74 Å². The molecule has 0 amide bonds. The van der Waals surface area contributed by atoms with Crippen LogP contribution in [0.5, 0.6) is 0 Å². The van der Waals surface area contributed by atoms with Gasteiger partial charge in [-0.05, 0) is 61.9 Å². The van der Waals surface area contributed by atoms with Gasteiger partial charge >= 0.3 is 0 Å². The molecule has 1 aliphatic heterocycles. The Bertz CT molecular complexity index is 479. The van der Waals surface area contributed by atoms with Gasteiger partial charge in [-0.25, -0.2) is 0 Å². The van der Waals surface area contributed by atoms with Crippen molar-refractivity contribution in [1.29, 1.82) is 0 Å². The zero-order chi connectivity index (χ0) is 16.2. The molecule has 0 bridgehead atoms. The number of para-hydroxylation sites is 1. The third-order valence-corrected chi connectivity index (χ3v) is 9.89. The van der Waals surface area contributed by atoms with E-state index in [2.05, 4.69) is 63.4 Å². The van der Waals surface area contributed by atoms with Gasteiger partial charge in [0.1, 0.15) is 0 Å². The van der Waals surface area contributed by atoms with Gasteiger partial charge in [0, 0.05) is 18.3 Å². The van der Waals surface area contributed by atoms with Gasteiger partial charge in [-0.2, -0.15) is 0 Å². The predicted molar refractivity (Wildman–Crippen MR) is 99.2 cm³/mol. The molecular weight excluding hydrogens is 286 g/mol. The molecule has 0 fully saturated rings. The molecule has 3 heteroatoms. The Hall–Kier alpha value is -0.803. The number of hydrogen-bond acceptors (Lipinski definition) is 2. The minimum absolute atomic E-state index is 0.321. The number of nitrogens with one attached hydrogen (secondary N) is 1. The lowest BCUT2D eigenvalue weighted by atomic mass is 9.95. The third-order valence-electron chi connectivity index (χ3n) is 5.36. The van der Waals surface area contributed by atoms with Crippen molar-refractivity contribution in [3.63, 3.8) is 0 Å². The standard InChI is InChI=1S/C19H33NOSi/c1-19(2,3)22(4,5)21-15-9-8-11-17-14-13-16-10-6-7-12-18(16)20-17/h6-7,10,12,17,20H,8-9,11,13-15H2,1-5H3/t17-/m0/s1. The van der Waals surface area contributed by atoms with Crippen molar-refractivity contribution in [2.45, 2.75) is 77.0 Å². The molecule has 1 N–H and O–H groups in total. The summed E-state index contributed by atoms with van der Waals surface area (Å²) in [5.74, 6) is 0. The van der Waals surface area contributed by atoms with Crippen molar-refractivity contribution >= 4 is 14.0 Å². The zero-order valence-corrected chi connectivity index (χ0v) is 16.0. The van der Waals surface area contributed by atoms with E-state index in [1.807, 2.05) is 0 Å². The summed E-state index contributed by atoms with van der Waals surface area (Å²) in [7, 11) is -1.56. The Morgan fingerprint density at radius 2 is 1.91 bits per heavy atom. The van der Waals surface area contributed by atoms with Crippen LogP contribution in [0.2, 0.25) is 18.1 Å². The summed E-state index contributed by atoms with van der Waals surface area (Å²) in [6, 6.07) is 9.36. The maximum absolute atomic E-state index is 6.26. The molecule has 1 aromatic rings. The molecule has 1 aliphatic rings. The topological polar surface area (TPSA) is 21.3 Å². The van der Waals surface area contributed by atoms with Gasteiger partial charge in [0.2, 0.25) is 0 Å². The largest absolute Gasteiger partial charge is 0.417 e. The van der Waals surface area contributed by atoms with E-state index in [0.29, 0.717) is 11.1 Å². The van der Waals surface area contributed by atoms with Crippen molar-refractivity contribution in [1.82, 2.24) is 0 Å². The molecule has 1 atom stereocenters. The van der Waals surface area contributed by atoms with E-state index >= 15 is 0 Å². The van der Waals surface area contributed by atoms with Crippen molar-refractivity contribution in [3.05, 3.63) is 29.8 Å². The van der Waals surface area contributed by atoms with Crippen LogP contribution in [0.15, 0.2) is 24.3 Å². The lowest BCUT2D eigenvalue weighted by molar-refractivity contribution is 0.276. The molecule has 124 valence electrons. The number of rotatable bonds is 6. The fourth-order valence-corrected chi connectivity index (χ4v) is 3.84. The molecule has 1 heterocycles. The summed E-state index contributed by atoms with van der Waals surface area (Å²) in [6.45, 7) is 12.5. The summed E-state index contributed by atoms with van der Waals surface area (Å²) in [4.78, 5) is 0. The van der Waals surface area contributed by atoms with Gasteiger partial charge in [0.15, 0.2) is 8.32 Å². The van der Waals surface area contributed by atoms with Gasteiger partial charge in [0.05, 0.1) is 0 Å². The van der Waals surface area contributed by atoms with Crippen molar-refractivity contribution in [2.24, 2.45) is 0 Å². The SMILES string of the molecule is CC(C)(C)[Si](C)(C)OCCCC[C@H]1CCc2ccccc2N1. The predicted octanol–water partition coefficient (Wildman–Crippen LogP) is 5.61. The second-order valence-corrected chi connectivity index (χ2v) is 13.0. The van der Waals surface area contributed by atoms with E-state index in [1.165, 1.54) is 43.4 Å². The molecule has 0 saturated heterocycles. The van der Waals surface area contributed by atoms with Crippen LogP contribution in [0.4, 0.5) is 5.69 Å². The Kier molecular flexibility index (Phi) is 5.73. The lowest BCUT2D eigenvalue weighted by Gasteiger charge is -2.36. The number of anilines is 1. The van der Waals surface area contributed by atoms with Gasteiger partial charge in [0.25, 0.3) is 0 Å². The zero-order valence-electron chi connectivity index (χ0n) is 15.0. The Labute approximate surface area is 137 Å². The summed E-state index contributed by atoms with van der Waals surface area (Å²) < 4.78 is 6.26. The fourth-order valence-electron chi connectivity index (χ4n) is 2.75. The van der Waals surface area contributed by atoms with E-state index in [9.17, 15) is 0 Å². The minimum Gasteiger partial charge on any atom is -0.417 e. The first kappa shape index (κ1) is 17.5. The number of aryl methyl sites for hydroxylation is 1. The lowest BCUT2D eigenvalue weighted by Crippen LogP contribution is -2.41. The van der Waals surface area contributed by atoms with Crippen LogP contribution >= 0.6 is 0 Å². The first-order valence-electron chi connectivity index (χ1n) is 8.78. The smallest absolute Gasteiger partial charge is 0.191 e. The molecule has 0 spiro atoms. The fraction of sp³-hybridized carbons (Fsp3) is 0.684. The number of unbranched alkanes of at least 4 members (excludes halogenated alkanes) is 1. The van der Waals surface area contributed by atoms with Crippen LogP contribution in [0.1, 0.15) is 52.0 Å². The molecule has 2 rings (SSSR count). The molecule has 0 radical (unpaired) electrons. The van der Waals surface area contributed by atoms with Crippen LogP contribution in [0, 0.1) is 0 Å². The maximum atomic E-state index is 6.26. The molecule has 0 saturated carbocycles. The highest BCUT2D eigenvalue weighted by molar-refractivity contribution is 6.74. The van der Waals surface area contributed by atoms with Crippen molar-refractivity contribution < 1.29 is 4.43 Å². The quantitative estimate of drug-likeness (QED) is 0.544. The van der Waals surface area contributed by atoms with Crippen LogP contribution in [-0.2, 0) is 10.8 Å². The number of fused-ring (bicyclic) bond motifs is 1. The van der Waals surface area contributed by atoms with Crippen LogP contribution in [0.3, 0.4) is 0 Å². The number of benzene rings is 1. The van der Waals surface area contributed by atoms with E-state index < -0.39 is 8.32 Å². The summed E-state index contributed by atoms with van der Waals surface area (Å²) in [5.41, 5.74) is 2.82. The average molecular weight is 320 g/mol. The third kappa shape index (κ3) is 4.59. The summed E-state index contributed by atoms with van der Waals surface area (Å²) in [6.07, 6.45) is 6.18. The monoisotopic (exact) mass is 319 g/mol. The Morgan fingerprint density at radius 1 is 1.18 bits per heavy atom. The van der Waals surface area contributed by atoms with E-state index in [0.717, 1.165) is 6.61 Å². The van der Waals surface area contributed by atoms with Crippen LogP contribution in [-0.4, -0.2) is 21.0 Å². The highest BCUT2D eigenvalue weighted by Gasteiger charge is 2.36. The Morgan fingerprint density at radius 3 is 2.64 bits per heavy atom. The highest BCUT2D eigenvalue weighted by Crippen LogP contribution is 2.36. The first-order valence-corrected chi connectivity index (χ1v) is 11.7. The minimum atomic E-state index is -1.56. The molecule has 22 heavy (non-hydrogen) atoms. The van der Waals surface area contributed by atoms with E-state index in [-0.39, 0.29) is 0 Å². The van der Waals surface area contributed by atoms with E-state index in [4.69, 9.17) is 4.43 Å². The second kappa shape index (κ2) is 7.18. The number of hydrogen-bond donors (Lipinski definition) is 1. The normalized spacial score (nSPS) is 18.7. The summed E-state index contributed by atoms with van der Waals surface area (Å²) >= 11 is 0. The van der Waals surface area contributed by atoms with Crippen LogP contribution in [0.25, 0.3) is 0 Å².